The van der Waals surface area contributed by atoms with Gasteiger partial charge >= 0.3 is 0 Å². The van der Waals surface area contributed by atoms with Crippen LogP contribution < -0.4 is 9.47 Å². The van der Waals surface area contributed by atoms with E-state index in [1.807, 2.05) is 42.5 Å². The molecule has 2 aromatic rings. The van der Waals surface area contributed by atoms with E-state index in [9.17, 15) is 5.11 Å². The summed E-state index contributed by atoms with van der Waals surface area (Å²) in [5.41, 5.74) is 1.48. The van der Waals surface area contributed by atoms with E-state index in [4.69, 9.17) is 14.6 Å². The normalized spacial score (nSPS) is 12.4. The van der Waals surface area contributed by atoms with E-state index in [-0.39, 0.29) is 32.6 Å². The molecule has 0 fully saturated rings. The van der Waals surface area contributed by atoms with Crippen molar-refractivity contribution in [3.8, 4) is 11.5 Å². The van der Waals surface area contributed by atoms with Gasteiger partial charge in [0.05, 0.1) is 31.1 Å². The first kappa shape index (κ1) is 37.2. The van der Waals surface area contributed by atoms with E-state index in [1.54, 1.807) is 6.92 Å². The molecule has 0 aliphatic rings. The number of aliphatic hydroxyl groups is 2. The van der Waals surface area contributed by atoms with Crippen molar-refractivity contribution in [1.82, 2.24) is 0 Å². The van der Waals surface area contributed by atoms with Crippen LogP contribution in [0, 0.1) is 12.0 Å². The summed E-state index contributed by atoms with van der Waals surface area (Å²) in [6.45, 7) is 11.8. The summed E-state index contributed by atoms with van der Waals surface area (Å²) < 4.78 is 11.5. The average molecular weight is 634 g/mol. The van der Waals surface area contributed by atoms with E-state index in [2.05, 4.69) is 44.0 Å². The molecule has 224 valence electrons. The van der Waals surface area contributed by atoms with Crippen molar-refractivity contribution in [3.05, 3.63) is 48.5 Å². The van der Waals surface area contributed by atoms with E-state index in [0.717, 1.165) is 49.7 Å². The smallest absolute Gasteiger partial charge is 0.119 e. The molecule has 0 aliphatic heterocycles. The average Bonchev–Trinajstić information content (AvgIpc) is 2.88. The van der Waals surface area contributed by atoms with Gasteiger partial charge in [-0.1, -0.05) is 66.2 Å². The van der Waals surface area contributed by atoms with Gasteiger partial charge in [0.25, 0.3) is 0 Å². The summed E-state index contributed by atoms with van der Waals surface area (Å²) in [6.07, 6.45) is 10.2. The molecular formula is C32H51N2O4Pd-. The Morgan fingerprint density at radius 3 is 1.77 bits per heavy atom. The fourth-order valence-corrected chi connectivity index (χ4v) is 3.75. The molecule has 2 atom stereocenters. The van der Waals surface area contributed by atoms with Gasteiger partial charge in [-0.3, -0.25) is 0 Å². The number of aliphatic hydroxyl groups excluding tert-OH is 2. The molecule has 0 saturated heterocycles. The third kappa shape index (κ3) is 20.7. The fourth-order valence-electron chi connectivity index (χ4n) is 3.75. The molecule has 0 spiro atoms. The molecule has 2 rings (SSSR count). The monoisotopic (exact) mass is 633 g/mol. The van der Waals surface area contributed by atoms with Crippen molar-refractivity contribution in [1.29, 1.82) is 0 Å². The number of unbranched alkanes of at least 4 members (excludes halogenated alkanes) is 6. The maximum atomic E-state index is 9.23. The van der Waals surface area contributed by atoms with Crippen LogP contribution in [-0.4, -0.2) is 35.6 Å². The first-order chi connectivity index (χ1) is 18.3. The van der Waals surface area contributed by atoms with Gasteiger partial charge in [-0.2, -0.15) is 16.3 Å². The number of rotatable bonds is 18. The van der Waals surface area contributed by atoms with Crippen molar-refractivity contribution >= 4 is 11.4 Å². The minimum atomic E-state index is -0.381. The molecule has 2 N–H and O–H groups in total. The molecule has 6 nitrogen and oxygen atoms in total. The third-order valence-corrected chi connectivity index (χ3v) is 5.77. The maximum absolute atomic E-state index is 9.23. The fraction of sp³-hybridized carbons (Fsp3) is 0.625. The molecule has 0 amide bonds. The van der Waals surface area contributed by atoms with E-state index >= 15 is 0 Å². The predicted molar refractivity (Wildman–Crippen MR) is 157 cm³/mol. The van der Waals surface area contributed by atoms with Crippen LogP contribution in [0.4, 0.5) is 11.4 Å². The SMILES string of the molecule is CC(C)CC(O)CC(C)O.CCCCCCOc1c[c-]c(N=Nc2ccc(OCCCCCC)cc2)cc1.[Pd]. The second kappa shape index (κ2) is 24.1. The molecule has 39 heavy (non-hydrogen) atoms. The standard InChI is InChI=1S/C24H33N2O2.C8H18O2.Pd/c1-3-5-7-9-19-27-23-15-11-21(12-16-23)25-26-22-13-17-24(18-14-22)28-20-10-8-6-4-2;1-6(2)4-8(10)5-7(3)9;/h11-13,15-18H,3-10,19-20H2,1-2H3;6-10H,4-5H2,1-3H3;/q-1;;. The molecule has 0 aromatic heterocycles. The van der Waals surface area contributed by atoms with E-state index in [0.29, 0.717) is 18.0 Å². The molecule has 0 saturated carbocycles. The number of nitrogens with zero attached hydrogens (tertiary/aromatic N) is 2. The van der Waals surface area contributed by atoms with Crippen LogP contribution in [0.5, 0.6) is 11.5 Å². The number of hydrogen-bond acceptors (Lipinski definition) is 6. The zero-order valence-corrected chi connectivity index (χ0v) is 26.2. The van der Waals surface area contributed by atoms with Gasteiger partial charge in [0.15, 0.2) is 0 Å². The first-order valence-electron chi connectivity index (χ1n) is 14.5. The Morgan fingerprint density at radius 1 is 0.718 bits per heavy atom. The Hall–Kier alpha value is -1.78. The van der Waals surface area contributed by atoms with Crippen LogP contribution in [0.25, 0.3) is 0 Å². The quantitative estimate of drug-likeness (QED) is 0.0743. The van der Waals surface area contributed by atoms with Crippen LogP contribution in [0.1, 0.15) is 98.8 Å². The van der Waals surface area contributed by atoms with Crippen molar-refractivity contribution in [2.24, 2.45) is 16.1 Å². The summed E-state index contributed by atoms with van der Waals surface area (Å²) in [5, 5.41) is 26.6. The molecule has 7 heteroatoms. The molecule has 2 aromatic carbocycles. The van der Waals surface area contributed by atoms with Crippen molar-refractivity contribution in [2.45, 2.75) is 111 Å². The second-order valence-electron chi connectivity index (χ2n) is 10.3. The topological polar surface area (TPSA) is 83.6 Å². The van der Waals surface area contributed by atoms with Gasteiger partial charge < -0.3 is 19.7 Å². The predicted octanol–water partition coefficient (Wildman–Crippen LogP) is 8.98. The summed E-state index contributed by atoms with van der Waals surface area (Å²) in [6, 6.07) is 16.4. The van der Waals surface area contributed by atoms with Gasteiger partial charge in [-0.15, -0.1) is 18.2 Å². The minimum absolute atomic E-state index is 0. The van der Waals surface area contributed by atoms with Crippen LogP contribution in [-0.2, 0) is 20.4 Å². The summed E-state index contributed by atoms with van der Waals surface area (Å²) in [5.74, 6) is 2.21. The number of hydrogen-bond donors (Lipinski definition) is 2. The Balaban J connectivity index is 0.00000112. The van der Waals surface area contributed by atoms with Gasteiger partial charge in [-0.25, -0.2) is 0 Å². The Bertz CT molecular complexity index is 773. The number of ether oxygens (including phenoxy) is 2. The third-order valence-electron chi connectivity index (χ3n) is 5.77. The number of azo groups is 1. The van der Waals surface area contributed by atoms with Gasteiger partial charge in [-0.05, 0) is 68.5 Å². The Labute approximate surface area is 251 Å². The Morgan fingerprint density at radius 2 is 1.28 bits per heavy atom. The summed E-state index contributed by atoms with van der Waals surface area (Å²) in [4.78, 5) is 0. The van der Waals surface area contributed by atoms with E-state index in [1.165, 1.54) is 38.5 Å². The molecule has 0 bridgehead atoms. The zero-order chi connectivity index (χ0) is 28.0. The zero-order valence-electron chi connectivity index (χ0n) is 24.7. The number of benzene rings is 2. The molecule has 2 unspecified atom stereocenters. The molecule has 0 heterocycles. The minimum Gasteiger partial charge on any atom is -0.551 e. The van der Waals surface area contributed by atoms with Gasteiger partial charge in [0.2, 0.25) is 0 Å². The van der Waals surface area contributed by atoms with Gasteiger partial charge in [0.1, 0.15) is 5.75 Å². The second-order valence-corrected chi connectivity index (χ2v) is 10.3. The molecular weight excluding hydrogens is 583 g/mol. The maximum Gasteiger partial charge on any atom is 0.119 e. The van der Waals surface area contributed by atoms with Gasteiger partial charge in [0, 0.05) is 26.2 Å². The van der Waals surface area contributed by atoms with Crippen LogP contribution in [0.15, 0.2) is 52.7 Å². The van der Waals surface area contributed by atoms with Crippen LogP contribution in [0.3, 0.4) is 0 Å². The van der Waals surface area contributed by atoms with Crippen LogP contribution >= 0.6 is 0 Å². The largest absolute Gasteiger partial charge is 0.551 e. The van der Waals surface area contributed by atoms with Crippen LogP contribution in [0.2, 0.25) is 0 Å². The molecule has 0 radical (unpaired) electrons. The van der Waals surface area contributed by atoms with E-state index < -0.39 is 0 Å². The van der Waals surface area contributed by atoms with Crippen molar-refractivity contribution in [2.75, 3.05) is 13.2 Å². The Kier molecular flexibility index (Phi) is 23.0. The van der Waals surface area contributed by atoms with Crippen molar-refractivity contribution in [3.63, 3.8) is 0 Å². The summed E-state index contributed by atoms with van der Waals surface area (Å²) in [7, 11) is 0. The summed E-state index contributed by atoms with van der Waals surface area (Å²) >= 11 is 0. The molecule has 0 aliphatic carbocycles. The van der Waals surface area contributed by atoms with Crippen molar-refractivity contribution < 1.29 is 40.1 Å². The first-order valence-corrected chi connectivity index (χ1v) is 14.5.